The summed E-state index contributed by atoms with van der Waals surface area (Å²) in [6.45, 7) is 16.5. The lowest BCUT2D eigenvalue weighted by Crippen LogP contribution is -2.29. The molecule has 0 radical (unpaired) electrons. The number of nitrogens with zero attached hydrogens (tertiary/aromatic N) is 1. The minimum Gasteiger partial charge on any atom is -0.495 e. The van der Waals surface area contributed by atoms with Gasteiger partial charge in [0.2, 0.25) is 0 Å². The molecular formula is C40H81NO4. The summed E-state index contributed by atoms with van der Waals surface area (Å²) >= 11 is 0. The number of aliphatic hydroxyl groups excluding tert-OH is 1. The maximum Gasteiger partial charge on any atom is 0.290 e. The van der Waals surface area contributed by atoms with E-state index in [0.29, 0.717) is 6.10 Å². The molecule has 0 aromatic rings. The van der Waals surface area contributed by atoms with Crippen LogP contribution in [0.2, 0.25) is 0 Å². The fourth-order valence-electron chi connectivity index (χ4n) is 6.50. The third-order valence-electron chi connectivity index (χ3n) is 9.19. The van der Waals surface area contributed by atoms with Gasteiger partial charge in [-0.1, -0.05) is 156 Å². The van der Waals surface area contributed by atoms with Gasteiger partial charge in [0.05, 0.1) is 18.5 Å². The van der Waals surface area contributed by atoms with Crippen LogP contribution in [-0.2, 0) is 9.53 Å². The topological polar surface area (TPSA) is 70.0 Å². The van der Waals surface area contributed by atoms with Crippen LogP contribution in [-0.4, -0.2) is 53.9 Å². The smallest absolute Gasteiger partial charge is 0.290 e. The number of hydrogen-bond donors (Lipinski definition) is 2. The Labute approximate surface area is 282 Å². The van der Waals surface area contributed by atoms with Crippen LogP contribution in [0.25, 0.3) is 0 Å². The van der Waals surface area contributed by atoms with Crippen molar-refractivity contribution in [2.45, 2.75) is 207 Å². The maximum absolute atomic E-state index is 9.68. The normalized spacial score (nSPS) is 11.9. The predicted octanol–water partition coefficient (Wildman–Crippen LogP) is 12.1. The lowest BCUT2D eigenvalue weighted by atomic mass is 9.91. The van der Waals surface area contributed by atoms with Crippen molar-refractivity contribution < 1.29 is 19.7 Å². The van der Waals surface area contributed by atoms with Gasteiger partial charge in [-0.3, -0.25) is 4.79 Å². The summed E-state index contributed by atoms with van der Waals surface area (Å²) in [6, 6.07) is 0. The number of aliphatic hydroxyl groups is 1. The molecule has 0 aromatic carbocycles. The van der Waals surface area contributed by atoms with Crippen LogP contribution >= 0.6 is 0 Å². The summed E-state index contributed by atoms with van der Waals surface area (Å²) in [7, 11) is 0. The highest BCUT2D eigenvalue weighted by molar-refractivity contribution is 5.32. The van der Waals surface area contributed by atoms with Gasteiger partial charge in [0.25, 0.3) is 6.47 Å². The Morgan fingerprint density at radius 3 is 1.49 bits per heavy atom. The lowest BCUT2D eigenvalue weighted by molar-refractivity contribution is -0.122. The molecule has 270 valence electrons. The molecular weight excluding hydrogens is 558 g/mol. The van der Waals surface area contributed by atoms with Crippen LogP contribution in [0.15, 0.2) is 12.3 Å². The highest BCUT2D eigenvalue weighted by Crippen LogP contribution is 2.23. The van der Waals surface area contributed by atoms with Crippen molar-refractivity contribution in [1.29, 1.82) is 0 Å². The Morgan fingerprint density at radius 1 is 0.600 bits per heavy atom. The number of unbranched alkanes of at least 4 members (excludes halogenated alkanes) is 15. The average molecular weight is 640 g/mol. The van der Waals surface area contributed by atoms with E-state index in [1.165, 1.54) is 161 Å². The fourth-order valence-corrected chi connectivity index (χ4v) is 6.50. The molecule has 0 amide bonds. The molecule has 0 rings (SSSR count). The summed E-state index contributed by atoms with van der Waals surface area (Å²) in [6.07, 6.45) is 36.0. The number of rotatable bonds is 35. The Kier molecular flexibility index (Phi) is 40.0. The first-order chi connectivity index (χ1) is 22.0. The SMILES string of the molecule is C=C(CCCN(CCO)CCCC(CCC)CCCCCCCC)OC(CCCCCCCC)CCCCCCCC.O=CO. The van der Waals surface area contributed by atoms with E-state index in [4.69, 9.17) is 14.6 Å². The van der Waals surface area contributed by atoms with E-state index in [2.05, 4.69) is 39.2 Å². The molecule has 1 atom stereocenters. The van der Waals surface area contributed by atoms with Crippen molar-refractivity contribution >= 4 is 6.47 Å². The Bertz CT molecular complexity index is 569. The first kappa shape index (κ1) is 46.1. The zero-order valence-electron chi connectivity index (χ0n) is 31.0. The average Bonchev–Trinajstić information content (AvgIpc) is 3.02. The zero-order valence-corrected chi connectivity index (χ0v) is 31.0. The second-order valence-electron chi connectivity index (χ2n) is 13.5. The van der Waals surface area contributed by atoms with Crippen molar-refractivity contribution in [3.63, 3.8) is 0 Å². The van der Waals surface area contributed by atoms with E-state index in [-0.39, 0.29) is 13.1 Å². The van der Waals surface area contributed by atoms with E-state index in [1.807, 2.05) is 0 Å². The molecule has 5 nitrogen and oxygen atoms in total. The minimum absolute atomic E-state index is 0.250. The van der Waals surface area contributed by atoms with Crippen LogP contribution in [0.4, 0.5) is 0 Å². The summed E-state index contributed by atoms with van der Waals surface area (Å²) in [4.78, 5) is 10.8. The van der Waals surface area contributed by atoms with Crippen LogP contribution in [0, 0.1) is 5.92 Å². The summed E-state index contributed by atoms with van der Waals surface area (Å²) in [5.41, 5.74) is 0. The number of carbonyl (C=O) groups is 1. The molecule has 2 N–H and O–H groups in total. The standard InChI is InChI=1S/C39H79NO2.CH2O2/c1-6-10-13-16-19-22-29-38(27-9-4)30-26-34-40(35-36-41)33-25-28-37(5)42-39(31-23-20-17-14-11-7-2)32-24-21-18-15-12-8-3;2-1-3/h38-39,41H,5-36H2,1-4H3;1H,(H,2,3). The predicted molar refractivity (Wildman–Crippen MR) is 197 cm³/mol. The molecule has 0 aromatic heterocycles. The molecule has 5 heteroatoms. The van der Waals surface area contributed by atoms with Gasteiger partial charge in [-0.2, -0.15) is 0 Å². The van der Waals surface area contributed by atoms with Gasteiger partial charge in [0, 0.05) is 13.0 Å². The monoisotopic (exact) mass is 640 g/mol. The van der Waals surface area contributed by atoms with Gasteiger partial charge < -0.3 is 19.8 Å². The minimum atomic E-state index is -0.250. The molecule has 0 bridgehead atoms. The molecule has 0 aliphatic heterocycles. The van der Waals surface area contributed by atoms with Crippen LogP contribution in [0.1, 0.15) is 201 Å². The first-order valence-corrected chi connectivity index (χ1v) is 19.8. The van der Waals surface area contributed by atoms with Crippen LogP contribution in [0.3, 0.4) is 0 Å². The van der Waals surface area contributed by atoms with Gasteiger partial charge in [0.15, 0.2) is 0 Å². The van der Waals surface area contributed by atoms with Gasteiger partial charge in [-0.05, 0) is 64.0 Å². The molecule has 0 aliphatic rings. The molecule has 0 aliphatic carbocycles. The Hall–Kier alpha value is -1.07. The van der Waals surface area contributed by atoms with E-state index in [0.717, 1.165) is 44.2 Å². The fraction of sp³-hybridized carbons (Fsp3) is 0.925. The molecule has 0 spiro atoms. The molecule has 45 heavy (non-hydrogen) atoms. The number of carboxylic acid groups (broad SMARTS) is 1. The van der Waals surface area contributed by atoms with Gasteiger partial charge >= 0.3 is 0 Å². The van der Waals surface area contributed by atoms with Crippen LogP contribution < -0.4 is 0 Å². The van der Waals surface area contributed by atoms with Crippen molar-refractivity contribution in [1.82, 2.24) is 4.90 Å². The number of allylic oxidation sites excluding steroid dienone is 1. The second kappa shape index (κ2) is 39.1. The van der Waals surface area contributed by atoms with Gasteiger partial charge in [0.1, 0.15) is 0 Å². The molecule has 0 fully saturated rings. The Balaban J connectivity index is 0. The molecule has 1 unspecified atom stereocenters. The summed E-state index contributed by atoms with van der Waals surface area (Å²) in [5.74, 6) is 1.88. The van der Waals surface area contributed by atoms with E-state index in [9.17, 15) is 5.11 Å². The first-order valence-electron chi connectivity index (χ1n) is 19.8. The highest BCUT2D eigenvalue weighted by atomic mass is 16.5. The molecule has 0 heterocycles. The van der Waals surface area contributed by atoms with E-state index >= 15 is 0 Å². The van der Waals surface area contributed by atoms with Crippen molar-refractivity contribution in [3.8, 4) is 0 Å². The van der Waals surface area contributed by atoms with Crippen LogP contribution in [0.5, 0.6) is 0 Å². The number of ether oxygens (including phenoxy) is 1. The zero-order chi connectivity index (χ0) is 33.6. The largest absolute Gasteiger partial charge is 0.495 e. The van der Waals surface area contributed by atoms with E-state index in [1.54, 1.807) is 0 Å². The maximum atomic E-state index is 9.68. The number of hydrogen-bond acceptors (Lipinski definition) is 4. The Morgan fingerprint density at radius 2 is 1.02 bits per heavy atom. The van der Waals surface area contributed by atoms with Gasteiger partial charge in [-0.15, -0.1) is 0 Å². The highest BCUT2D eigenvalue weighted by Gasteiger charge is 2.13. The quantitative estimate of drug-likeness (QED) is 0.0410. The van der Waals surface area contributed by atoms with Crippen molar-refractivity contribution in [2.75, 3.05) is 26.2 Å². The van der Waals surface area contributed by atoms with E-state index < -0.39 is 0 Å². The molecule has 0 saturated carbocycles. The van der Waals surface area contributed by atoms with Gasteiger partial charge in [-0.25, -0.2) is 0 Å². The lowest BCUT2D eigenvalue weighted by Gasteiger charge is -2.24. The van der Waals surface area contributed by atoms with Crippen molar-refractivity contribution in [2.24, 2.45) is 5.92 Å². The third kappa shape index (κ3) is 35.6. The van der Waals surface area contributed by atoms with Crippen molar-refractivity contribution in [3.05, 3.63) is 12.3 Å². The third-order valence-corrected chi connectivity index (χ3v) is 9.19. The second-order valence-corrected chi connectivity index (χ2v) is 13.5. The summed E-state index contributed by atoms with van der Waals surface area (Å²) in [5, 5.41) is 16.6. The summed E-state index contributed by atoms with van der Waals surface area (Å²) < 4.78 is 6.49. The molecule has 0 saturated heterocycles.